The number of para-hydroxylation sites is 2. The lowest BCUT2D eigenvalue weighted by Gasteiger charge is -2.40. The lowest BCUT2D eigenvalue weighted by Crippen LogP contribution is -2.55. The molecule has 3 rings (SSSR count). The minimum atomic E-state index is 0.124. The first-order valence-corrected chi connectivity index (χ1v) is 8.85. The van der Waals surface area contributed by atoms with Gasteiger partial charge in [-0.05, 0) is 31.5 Å². The molecule has 5 nitrogen and oxygen atoms in total. The minimum absolute atomic E-state index is 0.124. The normalized spacial score (nSPS) is 18.1. The van der Waals surface area contributed by atoms with E-state index in [-0.39, 0.29) is 11.9 Å². The maximum atomic E-state index is 12.8. The van der Waals surface area contributed by atoms with E-state index in [1.807, 2.05) is 54.3 Å². The van der Waals surface area contributed by atoms with E-state index >= 15 is 0 Å². The van der Waals surface area contributed by atoms with Gasteiger partial charge in [-0.25, -0.2) is 0 Å². The lowest BCUT2D eigenvalue weighted by atomic mass is 10.1. The number of piperazine rings is 1. The van der Waals surface area contributed by atoms with Gasteiger partial charge in [-0.3, -0.25) is 9.69 Å². The molecule has 0 unspecified atom stereocenters. The molecule has 2 aromatic rings. The average Bonchev–Trinajstić information content (AvgIpc) is 2.64. The fraction of sp³-hybridized carbons (Fsp3) is 0.381. The van der Waals surface area contributed by atoms with E-state index in [1.165, 1.54) is 0 Å². The van der Waals surface area contributed by atoms with Crippen LogP contribution in [0.25, 0.3) is 0 Å². The van der Waals surface area contributed by atoms with E-state index in [2.05, 4.69) is 11.8 Å². The zero-order valence-electron chi connectivity index (χ0n) is 15.9. The molecule has 0 aromatic heterocycles. The smallest absolute Gasteiger partial charge is 0.241 e. The van der Waals surface area contributed by atoms with Crippen LogP contribution in [0.15, 0.2) is 42.5 Å². The fourth-order valence-electron chi connectivity index (χ4n) is 3.50. The Morgan fingerprint density at radius 3 is 2.54 bits per heavy atom. The van der Waals surface area contributed by atoms with Gasteiger partial charge < -0.3 is 14.4 Å². The van der Waals surface area contributed by atoms with Crippen molar-refractivity contribution < 1.29 is 14.3 Å². The van der Waals surface area contributed by atoms with Crippen molar-refractivity contribution in [3.8, 4) is 11.5 Å². The molecule has 0 N–H and O–H groups in total. The van der Waals surface area contributed by atoms with E-state index in [1.54, 1.807) is 14.2 Å². The van der Waals surface area contributed by atoms with Crippen LogP contribution in [0.5, 0.6) is 11.5 Å². The second-order valence-corrected chi connectivity index (χ2v) is 6.70. The largest absolute Gasteiger partial charge is 0.493 e. The van der Waals surface area contributed by atoms with E-state index in [9.17, 15) is 4.79 Å². The van der Waals surface area contributed by atoms with Crippen molar-refractivity contribution in [1.29, 1.82) is 0 Å². The quantitative estimate of drug-likeness (QED) is 0.827. The van der Waals surface area contributed by atoms with Crippen LogP contribution in [0.1, 0.15) is 18.1 Å². The van der Waals surface area contributed by atoms with E-state index < -0.39 is 0 Å². The summed E-state index contributed by atoms with van der Waals surface area (Å²) >= 11 is 0. The molecule has 0 radical (unpaired) electrons. The minimum Gasteiger partial charge on any atom is -0.493 e. The summed E-state index contributed by atoms with van der Waals surface area (Å²) in [6.07, 6.45) is 0. The number of benzene rings is 2. The summed E-state index contributed by atoms with van der Waals surface area (Å²) in [7, 11) is 3.28. The summed E-state index contributed by atoms with van der Waals surface area (Å²) in [5, 5.41) is 0. The Balaban J connectivity index is 1.79. The van der Waals surface area contributed by atoms with Gasteiger partial charge in [0.1, 0.15) is 0 Å². The molecule has 1 aliphatic rings. The SMILES string of the molecule is COc1cccc(CN2CC(=O)N(c3ccccc3C)C[C@@H]2C)c1OC. The van der Waals surface area contributed by atoms with E-state index in [0.29, 0.717) is 25.4 Å². The highest BCUT2D eigenvalue weighted by molar-refractivity contribution is 5.96. The lowest BCUT2D eigenvalue weighted by molar-refractivity contribution is -0.122. The first kappa shape index (κ1) is 18.3. The monoisotopic (exact) mass is 354 g/mol. The maximum Gasteiger partial charge on any atom is 0.241 e. The number of ether oxygens (including phenoxy) is 2. The Morgan fingerprint density at radius 1 is 1.08 bits per heavy atom. The molecule has 0 bridgehead atoms. The first-order chi connectivity index (χ1) is 12.5. The molecule has 26 heavy (non-hydrogen) atoms. The third-order valence-electron chi connectivity index (χ3n) is 4.97. The molecule has 1 fully saturated rings. The van der Waals surface area contributed by atoms with Crippen LogP contribution >= 0.6 is 0 Å². The Morgan fingerprint density at radius 2 is 1.85 bits per heavy atom. The Labute approximate surface area is 155 Å². The second-order valence-electron chi connectivity index (χ2n) is 6.70. The molecule has 5 heteroatoms. The van der Waals surface area contributed by atoms with Crippen molar-refractivity contribution in [2.45, 2.75) is 26.4 Å². The zero-order valence-corrected chi connectivity index (χ0v) is 15.9. The van der Waals surface area contributed by atoms with Crippen molar-refractivity contribution in [3.63, 3.8) is 0 Å². The average molecular weight is 354 g/mol. The van der Waals surface area contributed by atoms with Gasteiger partial charge in [0.2, 0.25) is 5.91 Å². The number of carbonyl (C=O) groups is 1. The van der Waals surface area contributed by atoms with Crippen LogP contribution in [0, 0.1) is 6.92 Å². The number of hydrogen-bond donors (Lipinski definition) is 0. The Kier molecular flexibility index (Phi) is 5.47. The standard InChI is InChI=1S/C21H26N2O3/c1-15-8-5-6-10-18(15)23-12-16(2)22(14-20(23)24)13-17-9-7-11-19(25-3)21(17)26-4/h5-11,16H,12-14H2,1-4H3/t16-/m0/s1. The molecular formula is C21H26N2O3. The number of nitrogens with zero attached hydrogens (tertiary/aromatic N) is 2. The van der Waals surface area contributed by atoms with Crippen LogP contribution in [0.2, 0.25) is 0 Å². The molecular weight excluding hydrogens is 328 g/mol. The molecule has 0 saturated carbocycles. The highest BCUT2D eigenvalue weighted by Crippen LogP contribution is 2.32. The molecule has 1 saturated heterocycles. The highest BCUT2D eigenvalue weighted by Gasteiger charge is 2.31. The molecule has 2 aromatic carbocycles. The molecule has 1 amide bonds. The van der Waals surface area contributed by atoms with Crippen LogP contribution < -0.4 is 14.4 Å². The van der Waals surface area contributed by atoms with Crippen molar-refractivity contribution >= 4 is 11.6 Å². The third-order valence-corrected chi connectivity index (χ3v) is 4.97. The molecule has 1 heterocycles. The van der Waals surface area contributed by atoms with Crippen molar-refractivity contribution in [2.24, 2.45) is 0 Å². The zero-order chi connectivity index (χ0) is 18.7. The molecule has 1 atom stereocenters. The number of amides is 1. The third kappa shape index (κ3) is 3.53. The summed E-state index contributed by atoms with van der Waals surface area (Å²) in [6.45, 7) is 5.91. The predicted molar refractivity (Wildman–Crippen MR) is 103 cm³/mol. The van der Waals surface area contributed by atoms with E-state index in [4.69, 9.17) is 9.47 Å². The number of hydrogen-bond acceptors (Lipinski definition) is 4. The Bertz CT molecular complexity index is 791. The number of methoxy groups -OCH3 is 2. The van der Waals surface area contributed by atoms with Crippen molar-refractivity contribution in [2.75, 3.05) is 32.2 Å². The highest BCUT2D eigenvalue weighted by atomic mass is 16.5. The summed E-state index contributed by atoms with van der Waals surface area (Å²) in [6, 6.07) is 14.1. The van der Waals surface area contributed by atoms with Crippen LogP contribution in [-0.2, 0) is 11.3 Å². The number of rotatable bonds is 5. The summed E-state index contributed by atoms with van der Waals surface area (Å²) in [5.74, 6) is 1.57. The Hall–Kier alpha value is -2.53. The predicted octanol–water partition coefficient (Wildman–Crippen LogP) is 3.25. The van der Waals surface area contributed by atoms with Gasteiger partial charge in [0, 0.05) is 30.4 Å². The van der Waals surface area contributed by atoms with Gasteiger partial charge in [0.15, 0.2) is 11.5 Å². The van der Waals surface area contributed by atoms with E-state index in [0.717, 1.165) is 22.6 Å². The molecule has 1 aliphatic heterocycles. The van der Waals surface area contributed by atoms with Gasteiger partial charge in [0.05, 0.1) is 20.8 Å². The van der Waals surface area contributed by atoms with Crippen molar-refractivity contribution in [3.05, 3.63) is 53.6 Å². The fourth-order valence-corrected chi connectivity index (χ4v) is 3.50. The van der Waals surface area contributed by atoms with Crippen LogP contribution in [0.4, 0.5) is 5.69 Å². The van der Waals surface area contributed by atoms with Crippen LogP contribution in [0.3, 0.4) is 0 Å². The summed E-state index contributed by atoms with van der Waals surface area (Å²) in [5.41, 5.74) is 3.15. The topological polar surface area (TPSA) is 42.0 Å². The summed E-state index contributed by atoms with van der Waals surface area (Å²) in [4.78, 5) is 16.9. The molecule has 138 valence electrons. The molecule has 0 aliphatic carbocycles. The van der Waals surface area contributed by atoms with Gasteiger partial charge in [-0.15, -0.1) is 0 Å². The number of aryl methyl sites for hydroxylation is 1. The van der Waals surface area contributed by atoms with Gasteiger partial charge in [-0.1, -0.05) is 30.3 Å². The number of carbonyl (C=O) groups excluding carboxylic acids is 1. The van der Waals surface area contributed by atoms with Crippen LogP contribution in [-0.4, -0.2) is 44.2 Å². The summed E-state index contributed by atoms with van der Waals surface area (Å²) < 4.78 is 10.9. The first-order valence-electron chi connectivity index (χ1n) is 8.85. The van der Waals surface area contributed by atoms with Gasteiger partial charge in [0.25, 0.3) is 0 Å². The van der Waals surface area contributed by atoms with Crippen molar-refractivity contribution in [1.82, 2.24) is 4.90 Å². The van der Waals surface area contributed by atoms with Gasteiger partial charge >= 0.3 is 0 Å². The molecule has 0 spiro atoms. The van der Waals surface area contributed by atoms with Gasteiger partial charge in [-0.2, -0.15) is 0 Å². The number of anilines is 1. The second kappa shape index (κ2) is 7.79. The maximum absolute atomic E-state index is 12.8.